The fourth-order valence-electron chi connectivity index (χ4n) is 1.62. The van der Waals surface area contributed by atoms with Gasteiger partial charge in [-0.1, -0.05) is 44.4 Å². The number of nitrogens with one attached hydrogen (secondary N) is 1. The van der Waals surface area contributed by atoms with Gasteiger partial charge in [0.05, 0.1) is 0 Å². The Labute approximate surface area is 93.9 Å². The van der Waals surface area contributed by atoms with E-state index in [4.69, 9.17) is 0 Å². The van der Waals surface area contributed by atoms with Gasteiger partial charge in [0.2, 0.25) is 0 Å². The van der Waals surface area contributed by atoms with Crippen LogP contribution in [0.4, 0.5) is 5.69 Å². The highest BCUT2D eigenvalue weighted by Crippen LogP contribution is 2.12. The SMILES string of the molecule is CCCCC(C)CNc1ccc(C)cc1. The average Bonchev–Trinajstić information content (AvgIpc) is 2.25. The van der Waals surface area contributed by atoms with Crippen molar-refractivity contribution < 1.29 is 0 Å². The van der Waals surface area contributed by atoms with Gasteiger partial charge in [0, 0.05) is 12.2 Å². The Bertz CT molecular complexity index is 263. The summed E-state index contributed by atoms with van der Waals surface area (Å²) in [6.45, 7) is 7.77. The molecule has 1 aromatic rings. The molecule has 0 aliphatic rings. The molecule has 1 rings (SSSR count). The lowest BCUT2D eigenvalue weighted by Crippen LogP contribution is -2.11. The molecule has 0 saturated heterocycles. The van der Waals surface area contributed by atoms with Crippen molar-refractivity contribution in [3.8, 4) is 0 Å². The van der Waals surface area contributed by atoms with Crippen LogP contribution in [0.5, 0.6) is 0 Å². The third-order valence-electron chi connectivity index (χ3n) is 2.76. The van der Waals surface area contributed by atoms with Crippen LogP contribution in [0.1, 0.15) is 38.7 Å². The molecule has 1 aromatic carbocycles. The van der Waals surface area contributed by atoms with Crippen LogP contribution in [0.3, 0.4) is 0 Å². The summed E-state index contributed by atoms with van der Waals surface area (Å²) in [5, 5.41) is 3.48. The first-order valence-corrected chi connectivity index (χ1v) is 6.03. The van der Waals surface area contributed by atoms with Crippen molar-refractivity contribution in [2.24, 2.45) is 5.92 Å². The Balaban J connectivity index is 2.27. The van der Waals surface area contributed by atoms with Gasteiger partial charge in [0.15, 0.2) is 0 Å². The van der Waals surface area contributed by atoms with Gasteiger partial charge in [-0.25, -0.2) is 0 Å². The van der Waals surface area contributed by atoms with Crippen LogP contribution in [0.15, 0.2) is 24.3 Å². The Morgan fingerprint density at radius 2 is 1.87 bits per heavy atom. The van der Waals surface area contributed by atoms with Crippen molar-refractivity contribution in [2.75, 3.05) is 11.9 Å². The van der Waals surface area contributed by atoms with Crippen molar-refractivity contribution in [1.29, 1.82) is 0 Å². The van der Waals surface area contributed by atoms with Gasteiger partial charge in [-0.3, -0.25) is 0 Å². The normalized spacial score (nSPS) is 12.5. The van der Waals surface area contributed by atoms with Crippen molar-refractivity contribution in [3.63, 3.8) is 0 Å². The smallest absolute Gasteiger partial charge is 0.0340 e. The minimum absolute atomic E-state index is 0.770. The van der Waals surface area contributed by atoms with Crippen LogP contribution in [0.25, 0.3) is 0 Å². The maximum Gasteiger partial charge on any atom is 0.0340 e. The number of aryl methyl sites for hydroxylation is 1. The maximum atomic E-state index is 3.48. The lowest BCUT2D eigenvalue weighted by Gasteiger charge is -2.13. The monoisotopic (exact) mass is 205 g/mol. The minimum Gasteiger partial charge on any atom is -0.385 e. The van der Waals surface area contributed by atoms with E-state index in [1.165, 1.54) is 30.5 Å². The third-order valence-corrected chi connectivity index (χ3v) is 2.76. The quantitative estimate of drug-likeness (QED) is 0.732. The van der Waals surface area contributed by atoms with Gasteiger partial charge in [-0.2, -0.15) is 0 Å². The summed E-state index contributed by atoms with van der Waals surface area (Å²) < 4.78 is 0. The molecular weight excluding hydrogens is 182 g/mol. The highest BCUT2D eigenvalue weighted by Gasteiger charge is 2.00. The Morgan fingerprint density at radius 1 is 1.20 bits per heavy atom. The molecular formula is C14H23N. The van der Waals surface area contributed by atoms with E-state index in [-0.39, 0.29) is 0 Å². The molecule has 0 aliphatic carbocycles. The zero-order valence-corrected chi connectivity index (χ0v) is 10.2. The lowest BCUT2D eigenvalue weighted by molar-refractivity contribution is 0.528. The van der Waals surface area contributed by atoms with E-state index in [1.807, 2.05) is 0 Å². The molecule has 15 heavy (non-hydrogen) atoms. The van der Waals surface area contributed by atoms with Gasteiger partial charge >= 0.3 is 0 Å². The number of hydrogen-bond acceptors (Lipinski definition) is 1. The van der Waals surface area contributed by atoms with Crippen LogP contribution >= 0.6 is 0 Å². The molecule has 1 atom stereocenters. The highest BCUT2D eigenvalue weighted by atomic mass is 14.9. The molecule has 84 valence electrons. The van der Waals surface area contributed by atoms with Gasteiger partial charge in [-0.15, -0.1) is 0 Å². The first-order valence-electron chi connectivity index (χ1n) is 6.03. The molecule has 0 heterocycles. The van der Waals surface area contributed by atoms with Gasteiger partial charge < -0.3 is 5.32 Å². The van der Waals surface area contributed by atoms with E-state index >= 15 is 0 Å². The van der Waals surface area contributed by atoms with Gasteiger partial charge in [0.25, 0.3) is 0 Å². The predicted octanol–water partition coefficient (Wildman–Crippen LogP) is 4.23. The first kappa shape index (κ1) is 12.1. The number of rotatable bonds is 6. The van der Waals surface area contributed by atoms with Gasteiger partial charge in [0.1, 0.15) is 0 Å². The van der Waals surface area contributed by atoms with Crippen LogP contribution < -0.4 is 5.32 Å². The molecule has 1 unspecified atom stereocenters. The Morgan fingerprint density at radius 3 is 2.47 bits per heavy atom. The third kappa shape index (κ3) is 4.87. The fraction of sp³-hybridized carbons (Fsp3) is 0.571. The molecule has 0 aliphatic heterocycles. The van der Waals surface area contributed by atoms with E-state index < -0.39 is 0 Å². The predicted molar refractivity (Wildman–Crippen MR) is 68.4 cm³/mol. The molecule has 1 N–H and O–H groups in total. The summed E-state index contributed by atoms with van der Waals surface area (Å²) in [6.07, 6.45) is 3.97. The minimum atomic E-state index is 0.770. The summed E-state index contributed by atoms with van der Waals surface area (Å²) in [5.41, 5.74) is 2.56. The van der Waals surface area contributed by atoms with Crippen molar-refractivity contribution in [1.82, 2.24) is 0 Å². The van der Waals surface area contributed by atoms with Crippen LogP contribution in [0.2, 0.25) is 0 Å². The largest absolute Gasteiger partial charge is 0.385 e. The van der Waals surface area contributed by atoms with Crippen molar-refractivity contribution in [2.45, 2.75) is 40.0 Å². The standard InChI is InChI=1S/C14H23N/c1-4-5-6-13(3)11-15-14-9-7-12(2)8-10-14/h7-10,13,15H,4-6,11H2,1-3H3. The van der Waals surface area contributed by atoms with E-state index in [0.29, 0.717) is 0 Å². The number of hydrogen-bond donors (Lipinski definition) is 1. The Kier molecular flexibility index (Phi) is 5.23. The summed E-state index contributed by atoms with van der Waals surface area (Å²) in [4.78, 5) is 0. The maximum absolute atomic E-state index is 3.48. The summed E-state index contributed by atoms with van der Waals surface area (Å²) in [5.74, 6) is 0.770. The van der Waals surface area contributed by atoms with Gasteiger partial charge in [-0.05, 0) is 31.4 Å². The van der Waals surface area contributed by atoms with Crippen molar-refractivity contribution >= 4 is 5.69 Å². The fourth-order valence-corrected chi connectivity index (χ4v) is 1.62. The number of anilines is 1. The van der Waals surface area contributed by atoms with Crippen LogP contribution in [0, 0.1) is 12.8 Å². The second-order valence-corrected chi connectivity index (χ2v) is 4.49. The second-order valence-electron chi connectivity index (χ2n) is 4.49. The molecule has 0 bridgehead atoms. The van der Waals surface area contributed by atoms with Crippen molar-refractivity contribution in [3.05, 3.63) is 29.8 Å². The zero-order valence-electron chi connectivity index (χ0n) is 10.2. The highest BCUT2D eigenvalue weighted by molar-refractivity contribution is 5.44. The topological polar surface area (TPSA) is 12.0 Å². The molecule has 0 fully saturated rings. The van der Waals surface area contributed by atoms with Crippen LogP contribution in [-0.4, -0.2) is 6.54 Å². The second kappa shape index (κ2) is 6.49. The molecule has 0 amide bonds. The summed E-state index contributed by atoms with van der Waals surface area (Å²) >= 11 is 0. The average molecular weight is 205 g/mol. The summed E-state index contributed by atoms with van der Waals surface area (Å²) in [6, 6.07) is 8.61. The summed E-state index contributed by atoms with van der Waals surface area (Å²) in [7, 11) is 0. The molecule has 0 radical (unpaired) electrons. The molecule has 0 aromatic heterocycles. The molecule has 1 nitrogen and oxygen atoms in total. The lowest BCUT2D eigenvalue weighted by atomic mass is 10.0. The van der Waals surface area contributed by atoms with E-state index in [0.717, 1.165) is 12.5 Å². The molecule has 0 spiro atoms. The number of benzene rings is 1. The molecule has 1 heteroatoms. The van der Waals surface area contributed by atoms with Crippen LogP contribution in [-0.2, 0) is 0 Å². The number of unbranched alkanes of at least 4 members (excludes halogenated alkanes) is 1. The van der Waals surface area contributed by atoms with E-state index in [1.54, 1.807) is 0 Å². The van der Waals surface area contributed by atoms with E-state index in [9.17, 15) is 0 Å². The zero-order chi connectivity index (χ0) is 11.1. The first-order chi connectivity index (χ1) is 7.22. The van der Waals surface area contributed by atoms with E-state index in [2.05, 4.69) is 50.4 Å². The molecule has 0 saturated carbocycles. The Hall–Kier alpha value is -0.980.